The number of nitrogens with one attached hydrogen (secondary N) is 2. The summed E-state index contributed by atoms with van der Waals surface area (Å²) in [6.45, 7) is 4.39. The smallest absolute Gasteiger partial charge is 0.240 e. The van der Waals surface area contributed by atoms with Crippen molar-refractivity contribution in [2.75, 3.05) is 0 Å². The van der Waals surface area contributed by atoms with Gasteiger partial charge < -0.3 is 16.4 Å². The van der Waals surface area contributed by atoms with E-state index < -0.39 is 11.9 Å². The van der Waals surface area contributed by atoms with Gasteiger partial charge in [0.25, 0.3) is 0 Å². The zero-order valence-electron chi connectivity index (χ0n) is 14.4. The molecule has 0 radical (unpaired) electrons. The van der Waals surface area contributed by atoms with E-state index in [-0.39, 0.29) is 30.6 Å². The minimum absolute atomic E-state index is 0.0970. The van der Waals surface area contributed by atoms with Crippen LogP contribution in [0.3, 0.4) is 0 Å². The molecular weight excluding hydrogens is 306 g/mol. The van der Waals surface area contributed by atoms with E-state index >= 15 is 0 Å². The molecule has 1 aromatic carbocycles. The van der Waals surface area contributed by atoms with Crippen LogP contribution in [0.2, 0.25) is 0 Å². The van der Waals surface area contributed by atoms with Crippen LogP contribution in [-0.2, 0) is 20.9 Å². The Balaban J connectivity index is 2.24. The minimum Gasteiger partial charge on any atom is -0.368 e. The molecule has 24 heavy (non-hydrogen) atoms. The third-order valence-electron chi connectivity index (χ3n) is 3.53. The molecular formula is C18H27N3O3. The fourth-order valence-corrected chi connectivity index (χ4v) is 2.28. The molecule has 0 saturated carbocycles. The zero-order valence-corrected chi connectivity index (χ0v) is 14.4. The molecule has 0 bridgehead atoms. The van der Waals surface area contributed by atoms with E-state index in [2.05, 4.69) is 10.6 Å². The maximum atomic E-state index is 11.8. The summed E-state index contributed by atoms with van der Waals surface area (Å²) in [6.07, 6.45) is 1.41. The van der Waals surface area contributed by atoms with Crippen molar-refractivity contribution in [1.29, 1.82) is 0 Å². The molecule has 132 valence electrons. The Morgan fingerprint density at radius 3 is 2.25 bits per heavy atom. The number of primary amides is 1. The fraction of sp³-hybridized carbons (Fsp3) is 0.500. The largest absolute Gasteiger partial charge is 0.368 e. The normalized spacial score (nSPS) is 11.8. The lowest BCUT2D eigenvalue weighted by atomic mass is 10.0. The van der Waals surface area contributed by atoms with Gasteiger partial charge in [-0.25, -0.2) is 0 Å². The van der Waals surface area contributed by atoms with Crippen LogP contribution in [0.15, 0.2) is 30.3 Å². The Bertz CT molecular complexity index is 544. The number of hydrogen-bond acceptors (Lipinski definition) is 3. The molecule has 1 rings (SSSR count). The molecule has 0 aliphatic carbocycles. The van der Waals surface area contributed by atoms with E-state index in [9.17, 15) is 14.4 Å². The molecule has 4 N–H and O–H groups in total. The van der Waals surface area contributed by atoms with Crippen molar-refractivity contribution < 1.29 is 14.4 Å². The highest BCUT2D eigenvalue weighted by atomic mass is 16.2. The van der Waals surface area contributed by atoms with Crippen molar-refractivity contribution in [3.8, 4) is 0 Å². The summed E-state index contributed by atoms with van der Waals surface area (Å²) in [5.74, 6) is -0.625. The molecule has 3 amide bonds. The van der Waals surface area contributed by atoms with Gasteiger partial charge in [0.2, 0.25) is 17.7 Å². The van der Waals surface area contributed by atoms with Gasteiger partial charge in [-0.05, 0) is 24.3 Å². The average Bonchev–Trinajstić information content (AvgIpc) is 2.52. The predicted molar refractivity (Wildman–Crippen MR) is 92.7 cm³/mol. The Morgan fingerprint density at radius 1 is 1.04 bits per heavy atom. The molecule has 0 heterocycles. The van der Waals surface area contributed by atoms with Gasteiger partial charge in [-0.15, -0.1) is 0 Å². The van der Waals surface area contributed by atoms with Crippen molar-refractivity contribution in [2.24, 2.45) is 11.7 Å². The van der Waals surface area contributed by atoms with Gasteiger partial charge in [0.05, 0.1) is 0 Å². The highest BCUT2D eigenvalue weighted by Gasteiger charge is 2.19. The number of carbonyl (C=O) groups excluding carboxylic acids is 3. The number of nitrogens with two attached hydrogens (primary N) is 1. The molecule has 6 nitrogen and oxygen atoms in total. The van der Waals surface area contributed by atoms with Gasteiger partial charge in [-0.3, -0.25) is 14.4 Å². The third-order valence-corrected chi connectivity index (χ3v) is 3.53. The van der Waals surface area contributed by atoms with Crippen LogP contribution in [-0.4, -0.2) is 23.8 Å². The summed E-state index contributed by atoms with van der Waals surface area (Å²) in [7, 11) is 0. The second-order valence-corrected chi connectivity index (χ2v) is 6.27. The molecule has 0 spiro atoms. The van der Waals surface area contributed by atoms with Crippen LogP contribution >= 0.6 is 0 Å². The van der Waals surface area contributed by atoms with E-state index in [1.165, 1.54) is 0 Å². The SMILES string of the molecule is CC(C)CC(NC(=O)CCCC(=O)NCc1ccccc1)C(N)=O. The summed E-state index contributed by atoms with van der Waals surface area (Å²) in [6, 6.07) is 8.97. The maximum absolute atomic E-state index is 11.8. The van der Waals surface area contributed by atoms with E-state index in [1.807, 2.05) is 44.2 Å². The van der Waals surface area contributed by atoms with Crippen molar-refractivity contribution in [3.05, 3.63) is 35.9 Å². The second-order valence-electron chi connectivity index (χ2n) is 6.27. The first-order valence-electron chi connectivity index (χ1n) is 8.27. The minimum atomic E-state index is -0.649. The van der Waals surface area contributed by atoms with Crippen molar-refractivity contribution in [3.63, 3.8) is 0 Å². The van der Waals surface area contributed by atoms with Crippen molar-refractivity contribution >= 4 is 17.7 Å². The summed E-state index contributed by atoms with van der Waals surface area (Å²) in [5.41, 5.74) is 6.32. The van der Waals surface area contributed by atoms with Crippen molar-refractivity contribution in [2.45, 2.75) is 52.1 Å². The molecule has 0 saturated heterocycles. The fourth-order valence-electron chi connectivity index (χ4n) is 2.28. The van der Waals surface area contributed by atoms with Gasteiger partial charge in [-0.2, -0.15) is 0 Å². The number of hydrogen-bond donors (Lipinski definition) is 3. The Morgan fingerprint density at radius 2 is 1.67 bits per heavy atom. The average molecular weight is 333 g/mol. The summed E-state index contributed by atoms with van der Waals surface area (Å²) in [4.78, 5) is 34.9. The van der Waals surface area contributed by atoms with Crippen LogP contribution in [0, 0.1) is 5.92 Å². The zero-order chi connectivity index (χ0) is 17.9. The Labute approximate surface area is 143 Å². The number of amides is 3. The van der Waals surface area contributed by atoms with Gasteiger partial charge in [0.1, 0.15) is 6.04 Å². The molecule has 1 unspecified atom stereocenters. The van der Waals surface area contributed by atoms with Crippen LogP contribution < -0.4 is 16.4 Å². The van der Waals surface area contributed by atoms with Crippen LogP contribution in [0.25, 0.3) is 0 Å². The van der Waals surface area contributed by atoms with Crippen LogP contribution in [0.4, 0.5) is 0 Å². The topological polar surface area (TPSA) is 101 Å². The van der Waals surface area contributed by atoms with Crippen molar-refractivity contribution in [1.82, 2.24) is 10.6 Å². The predicted octanol–water partition coefficient (Wildman–Crippen LogP) is 1.49. The monoisotopic (exact) mass is 333 g/mol. The first kappa shape index (κ1) is 19.7. The third kappa shape index (κ3) is 8.31. The molecule has 6 heteroatoms. The summed E-state index contributed by atoms with van der Waals surface area (Å²) in [5, 5.41) is 5.45. The molecule has 0 fully saturated rings. The maximum Gasteiger partial charge on any atom is 0.240 e. The summed E-state index contributed by atoms with van der Waals surface area (Å²) >= 11 is 0. The molecule has 0 aromatic heterocycles. The lowest BCUT2D eigenvalue weighted by Gasteiger charge is -2.17. The first-order valence-corrected chi connectivity index (χ1v) is 8.27. The molecule has 1 aromatic rings. The van der Waals surface area contributed by atoms with Gasteiger partial charge in [0, 0.05) is 19.4 Å². The summed E-state index contributed by atoms with van der Waals surface area (Å²) < 4.78 is 0. The lowest BCUT2D eigenvalue weighted by molar-refractivity contribution is -0.128. The molecule has 1 atom stereocenters. The quantitative estimate of drug-likeness (QED) is 0.604. The highest BCUT2D eigenvalue weighted by molar-refractivity contribution is 5.86. The van der Waals surface area contributed by atoms with Crippen LogP contribution in [0.5, 0.6) is 0 Å². The lowest BCUT2D eigenvalue weighted by Crippen LogP contribution is -2.45. The number of rotatable bonds is 10. The highest BCUT2D eigenvalue weighted by Crippen LogP contribution is 2.05. The molecule has 0 aliphatic heterocycles. The standard InChI is InChI=1S/C18H27N3O3/c1-13(2)11-15(18(19)24)21-17(23)10-6-9-16(22)20-12-14-7-4-3-5-8-14/h3-5,7-8,13,15H,6,9-12H2,1-2H3,(H2,19,24)(H,20,22)(H,21,23). The van der Waals surface area contributed by atoms with E-state index in [1.54, 1.807) is 0 Å². The van der Waals surface area contributed by atoms with Gasteiger partial charge in [0.15, 0.2) is 0 Å². The first-order chi connectivity index (χ1) is 11.4. The Kier molecular flexibility index (Phi) is 8.54. The van der Waals surface area contributed by atoms with E-state index in [0.29, 0.717) is 19.4 Å². The Hall–Kier alpha value is -2.37. The number of carbonyl (C=O) groups is 3. The number of benzene rings is 1. The van der Waals surface area contributed by atoms with Gasteiger partial charge >= 0.3 is 0 Å². The van der Waals surface area contributed by atoms with E-state index in [0.717, 1.165) is 5.56 Å². The van der Waals surface area contributed by atoms with Crippen LogP contribution in [0.1, 0.15) is 45.1 Å². The molecule has 0 aliphatic rings. The second kappa shape index (κ2) is 10.4. The van der Waals surface area contributed by atoms with E-state index in [4.69, 9.17) is 5.73 Å². The van der Waals surface area contributed by atoms with Gasteiger partial charge in [-0.1, -0.05) is 44.2 Å².